The molecule has 132 valence electrons. The fourth-order valence-electron chi connectivity index (χ4n) is 3.36. The molecule has 0 saturated heterocycles. The number of ketones is 1. The summed E-state index contributed by atoms with van der Waals surface area (Å²) in [5, 5.41) is 0. The molecule has 0 radical (unpaired) electrons. The molecule has 0 N–H and O–H groups in total. The van der Waals surface area contributed by atoms with Crippen LogP contribution in [0.25, 0.3) is 22.5 Å². The molecule has 4 aromatic rings. The minimum absolute atomic E-state index is 0.0260. The summed E-state index contributed by atoms with van der Waals surface area (Å²) < 4.78 is 6.15. The molecule has 0 aliphatic heterocycles. The summed E-state index contributed by atoms with van der Waals surface area (Å²) >= 11 is 0. The van der Waals surface area contributed by atoms with Crippen LogP contribution in [-0.4, -0.2) is 5.78 Å². The summed E-state index contributed by atoms with van der Waals surface area (Å²) in [5.74, 6) is 1.35. The number of hydrogen-bond acceptors (Lipinski definition) is 2. The van der Waals surface area contributed by atoms with E-state index in [2.05, 4.69) is 0 Å². The Balaban J connectivity index is 1.97. The zero-order valence-electron chi connectivity index (χ0n) is 15.4. The highest BCUT2D eigenvalue weighted by Gasteiger charge is 2.26. The van der Waals surface area contributed by atoms with Crippen molar-refractivity contribution in [1.29, 1.82) is 0 Å². The van der Waals surface area contributed by atoms with Crippen molar-refractivity contribution >= 4 is 5.78 Å². The molecule has 2 nitrogen and oxygen atoms in total. The van der Waals surface area contributed by atoms with E-state index in [1.165, 1.54) is 5.56 Å². The lowest BCUT2D eigenvalue weighted by atomic mass is 9.92. The molecule has 4 rings (SSSR count). The Morgan fingerprint density at radius 3 is 1.93 bits per heavy atom. The van der Waals surface area contributed by atoms with Gasteiger partial charge >= 0.3 is 0 Å². The van der Waals surface area contributed by atoms with Crippen molar-refractivity contribution in [3.63, 3.8) is 0 Å². The van der Waals surface area contributed by atoms with E-state index in [1.807, 2.05) is 98.8 Å². The minimum Gasteiger partial charge on any atom is -0.460 e. The van der Waals surface area contributed by atoms with Gasteiger partial charge in [0, 0.05) is 16.7 Å². The number of rotatable bonds is 4. The minimum atomic E-state index is -0.0260. The Labute approximate surface area is 159 Å². The molecule has 0 atom stereocenters. The van der Waals surface area contributed by atoms with Crippen molar-refractivity contribution in [2.24, 2.45) is 0 Å². The maximum Gasteiger partial charge on any atom is 0.197 e. The van der Waals surface area contributed by atoms with Crippen molar-refractivity contribution in [3.8, 4) is 22.5 Å². The van der Waals surface area contributed by atoms with E-state index in [9.17, 15) is 4.79 Å². The molecule has 0 fully saturated rings. The molecule has 0 amide bonds. The molecular weight excluding hydrogens is 332 g/mol. The summed E-state index contributed by atoms with van der Waals surface area (Å²) in [6.45, 7) is 3.96. The maximum absolute atomic E-state index is 13.5. The molecule has 27 heavy (non-hydrogen) atoms. The van der Waals surface area contributed by atoms with E-state index >= 15 is 0 Å². The summed E-state index contributed by atoms with van der Waals surface area (Å²) in [5.41, 5.74) is 5.19. The molecule has 1 aromatic heterocycles. The average Bonchev–Trinajstić information content (AvgIpc) is 3.06. The number of furan rings is 1. The van der Waals surface area contributed by atoms with Gasteiger partial charge < -0.3 is 4.42 Å². The third-order valence-electron chi connectivity index (χ3n) is 4.72. The Bertz CT molecular complexity index is 1070. The Kier molecular flexibility index (Phi) is 4.47. The van der Waals surface area contributed by atoms with Crippen LogP contribution in [0.1, 0.15) is 27.2 Å². The summed E-state index contributed by atoms with van der Waals surface area (Å²) in [4.78, 5) is 13.5. The highest BCUT2D eigenvalue weighted by atomic mass is 16.3. The van der Waals surface area contributed by atoms with Gasteiger partial charge in [-0.25, -0.2) is 0 Å². The standard InChI is InChI=1S/C25H20O2/c1-17-13-15-21(16-14-17)25-23(24(26)20-11-7-4-8-12-20)22(18(2)27-25)19-9-5-3-6-10-19/h3-16H,1-2H3. The number of carbonyl (C=O) groups excluding carboxylic acids is 1. The summed E-state index contributed by atoms with van der Waals surface area (Å²) in [6, 6.07) is 27.4. The van der Waals surface area contributed by atoms with Gasteiger partial charge in [-0.05, 0) is 19.4 Å². The average molecular weight is 352 g/mol. The van der Waals surface area contributed by atoms with Gasteiger partial charge in [0.25, 0.3) is 0 Å². The van der Waals surface area contributed by atoms with Crippen molar-refractivity contribution in [2.45, 2.75) is 13.8 Å². The van der Waals surface area contributed by atoms with E-state index in [4.69, 9.17) is 4.42 Å². The van der Waals surface area contributed by atoms with Gasteiger partial charge in [-0.2, -0.15) is 0 Å². The van der Waals surface area contributed by atoms with Crippen molar-refractivity contribution in [1.82, 2.24) is 0 Å². The highest BCUT2D eigenvalue weighted by molar-refractivity contribution is 6.16. The van der Waals surface area contributed by atoms with Crippen LogP contribution in [0.15, 0.2) is 89.3 Å². The second-order valence-corrected chi connectivity index (χ2v) is 6.66. The molecule has 0 aliphatic rings. The fraction of sp³-hybridized carbons (Fsp3) is 0.0800. The molecule has 0 saturated carbocycles. The first kappa shape index (κ1) is 17.0. The predicted octanol–water partition coefficient (Wildman–Crippen LogP) is 6.46. The zero-order chi connectivity index (χ0) is 18.8. The molecule has 0 spiro atoms. The summed E-state index contributed by atoms with van der Waals surface area (Å²) in [6.07, 6.45) is 0. The Hall–Kier alpha value is -3.39. The quantitative estimate of drug-likeness (QED) is 0.394. The zero-order valence-corrected chi connectivity index (χ0v) is 15.4. The van der Waals surface area contributed by atoms with Gasteiger partial charge in [0.15, 0.2) is 5.78 Å². The topological polar surface area (TPSA) is 30.2 Å². The second kappa shape index (κ2) is 7.08. The largest absolute Gasteiger partial charge is 0.460 e. The third-order valence-corrected chi connectivity index (χ3v) is 4.72. The van der Waals surface area contributed by atoms with Crippen LogP contribution in [0.2, 0.25) is 0 Å². The third kappa shape index (κ3) is 3.22. The number of hydrogen-bond donors (Lipinski definition) is 0. The van der Waals surface area contributed by atoms with Crippen molar-refractivity contribution in [2.75, 3.05) is 0 Å². The van der Waals surface area contributed by atoms with Crippen LogP contribution < -0.4 is 0 Å². The number of carbonyl (C=O) groups is 1. The van der Waals surface area contributed by atoms with Gasteiger partial charge in [-0.1, -0.05) is 90.5 Å². The van der Waals surface area contributed by atoms with Gasteiger partial charge in [-0.3, -0.25) is 4.79 Å². The van der Waals surface area contributed by atoms with Gasteiger partial charge in [-0.15, -0.1) is 0 Å². The lowest BCUT2D eigenvalue weighted by Crippen LogP contribution is -2.03. The molecule has 1 heterocycles. The SMILES string of the molecule is Cc1ccc(-c2oc(C)c(-c3ccccc3)c2C(=O)c2ccccc2)cc1. The van der Waals surface area contributed by atoms with Crippen LogP contribution in [0.5, 0.6) is 0 Å². The molecule has 3 aromatic carbocycles. The summed E-state index contributed by atoms with van der Waals surface area (Å²) in [7, 11) is 0. The lowest BCUT2D eigenvalue weighted by molar-refractivity contribution is 0.103. The fourth-order valence-corrected chi connectivity index (χ4v) is 3.36. The normalized spacial score (nSPS) is 10.7. The maximum atomic E-state index is 13.5. The Morgan fingerprint density at radius 2 is 1.30 bits per heavy atom. The van der Waals surface area contributed by atoms with Crippen LogP contribution in [0, 0.1) is 13.8 Å². The van der Waals surface area contributed by atoms with E-state index in [-0.39, 0.29) is 5.78 Å². The second-order valence-electron chi connectivity index (χ2n) is 6.66. The number of aryl methyl sites for hydroxylation is 2. The van der Waals surface area contributed by atoms with Crippen LogP contribution in [-0.2, 0) is 0 Å². The van der Waals surface area contributed by atoms with Crippen LogP contribution in [0.4, 0.5) is 0 Å². The van der Waals surface area contributed by atoms with E-state index in [1.54, 1.807) is 0 Å². The van der Waals surface area contributed by atoms with Gasteiger partial charge in [0.2, 0.25) is 0 Å². The van der Waals surface area contributed by atoms with Crippen LogP contribution >= 0.6 is 0 Å². The molecule has 2 heteroatoms. The molecule has 0 bridgehead atoms. The van der Waals surface area contributed by atoms with Gasteiger partial charge in [0.05, 0.1) is 5.56 Å². The van der Waals surface area contributed by atoms with E-state index in [0.717, 1.165) is 22.5 Å². The molecule has 0 aliphatic carbocycles. The predicted molar refractivity (Wildman–Crippen MR) is 109 cm³/mol. The van der Waals surface area contributed by atoms with Gasteiger partial charge in [0.1, 0.15) is 11.5 Å². The van der Waals surface area contributed by atoms with E-state index < -0.39 is 0 Å². The monoisotopic (exact) mass is 352 g/mol. The van der Waals surface area contributed by atoms with Crippen molar-refractivity contribution in [3.05, 3.63) is 107 Å². The number of benzene rings is 3. The van der Waals surface area contributed by atoms with Crippen molar-refractivity contribution < 1.29 is 9.21 Å². The lowest BCUT2D eigenvalue weighted by Gasteiger charge is -2.07. The molecular formula is C25H20O2. The first-order valence-electron chi connectivity index (χ1n) is 9.01. The smallest absolute Gasteiger partial charge is 0.197 e. The van der Waals surface area contributed by atoms with Crippen LogP contribution in [0.3, 0.4) is 0 Å². The first-order valence-corrected chi connectivity index (χ1v) is 9.01. The first-order chi connectivity index (χ1) is 13.1. The van der Waals surface area contributed by atoms with E-state index in [0.29, 0.717) is 16.9 Å². The Morgan fingerprint density at radius 1 is 0.704 bits per heavy atom. The highest BCUT2D eigenvalue weighted by Crippen LogP contribution is 2.39. The molecule has 0 unspecified atom stereocenters.